The second-order valence-corrected chi connectivity index (χ2v) is 4.55. The molecule has 0 saturated carbocycles. The van der Waals surface area contributed by atoms with E-state index in [1.165, 1.54) is 6.92 Å². The molecular weight excluding hydrogens is 266 g/mol. The van der Waals surface area contributed by atoms with Crippen LogP contribution in [0.1, 0.15) is 12.5 Å². The van der Waals surface area contributed by atoms with Crippen LogP contribution in [0, 0.1) is 0 Å². The predicted molar refractivity (Wildman–Crippen MR) is 83.0 cm³/mol. The average molecular weight is 283 g/mol. The van der Waals surface area contributed by atoms with Crippen LogP contribution in [-0.4, -0.2) is 11.9 Å². The summed E-state index contributed by atoms with van der Waals surface area (Å²) < 4.78 is 0. The zero-order valence-electron chi connectivity index (χ0n) is 11.7. The van der Waals surface area contributed by atoms with Gasteiger partial charge in [0.1, 0.15) is 0 Å². The Morgan fingerprint density at radius 1 is 0.857 bits per heavy atom. The first-order valence-electron chi connectivity index (χ1n) is 6.60. The average Bonchev–Trinajstić information content (AvgIpc) is 2.47. The molecule has 0 heterocycles. The Morgan fingerprint density at radius 3 is 2.10 bits per heavy atom. The lowest BCUT2D eigenvalue weighted by molar-refractivity contribution is -0.114. The molecule has 5 nitrogen and oxygen atoms in total. The maximum absolute atomic E-state index is 11.7. The number of para-hydroxylation sites is 1. The van der Waals surface area contributed by atoms with Crippen LogP contribution < -0.4 is 16.0 Å². The molecule has 3 N–H and O–H groups in total. The van der Waals surface area contributed by atoms with E-state index >= 15 is 0 Å². The molecule has 0 aromatic heterocycles. The second-order valence-electron chi connectivity index (χ2n) is 4.55. The van der Waals surface area contributed by atoms with Gasteiger partial charge in [-0.3, -0.25) is 4.79 Å². The molecule has 108 valence electrons. The molecule has 0 atom stereocenters. The molecule has 0 spiro atoms. The molecule has 2 aromatic rings. The minimum atomic E-state index is -0.257. The van der Waals surface area contributed by atoms with Crippen molar-refractivity contribution < 1.29 is 9.59 Å². The Labute approximate surface area is 123 Å². The van der Waals surface area contributed by atoms with E-state index in [0.717, 1.165) is 16.9 Å². The molecule has 0 fully saturated rings. The van der Waals surface area contributed by atoms with Crippen molar-refractivity contribution in [3.63, 3.8) is 0 Å². The lowest BCUT2D eigenvalue weighted by Crippen LogP contribution is -2.28. The molecular formula is C16H17N3O2. The first-order valence-corrected chi connectivity index (χ1v) is 6.60. The summed E-state index contributed by atoms with van der Waals surface area (Å²) in [6, 6.07) is 16.3. The van der Waals surface area contributed by atoms with Gasteiger partial charge in [0, 0.05) is 24.8 Å². The topological polar surface area (TPSA) is 70.2 Å². The SMILES string of the molecule is CC(=O)Nc1ccc(CNC(=O)Nc2ccccc2)cc1. The second kappa shape index (κ2) is 7.09. The van der Waals surface area contributed by atoms with Crippen molar-refractivity contribution in [2.45, 2.75) is 13.5 Å². The summed E-state index contributed by atoms with van der Waals surface area (Å²) in [7, 11) is 0. The Morgan fingerprint density at radius 2 is 1.48 bits per heavy atom. The van der Waals surface area contributed by atoms with Gasteiger partial charge in [0.2, 0.25) is 5.91 Å². The number of anilines is 2. The monoisotopic (exact) mass is 283 g/mol. The fourth-order valence-corrected chi connectivity index (χ4v) is 1.79. The smallest absolute Gasteiger partial charge is 0.319 e. The van der Waals surface area contributed by atoms with Crippen molar-refractivity contribution in [3.05, 3.63) is 60.2 Å². The number of carbonyl (C=O) groups excluding carboxylic acids is 2. The Bertz CT molecular complexity index is 609. The largest absolute Gasteiger partial charge is 0.334 e. The van der Waals surface area contributed by atoms with E-state index in [4.69, 9.17) is 0 Å². The zero-order valence-corrected chi connectivity index (χ0v) is 11.7. The lowest BCUT2D eigenvalue weighted by atomic mass is 10.2. The fourth-order valence-electron chi connectivity index (χ4n) is 1.79. The highest BCUT2D eigenvalue weighted by Crippen LogP contribution is 2.09. The van der Waals surface area contributed by atoms with Gasteiger partial charge >= 0.3 is 6.03 Å². The first-order chi connectivity index (χ1) is 10.1. The first kappa shape index (κ1) is 14.6. The standard InChI is InChI=1S/C16H17N3O2/c1-12(20)18-15-9-7-13(8-10-15)11-17-16(21)19-14-5-3-2-4-6-14/h2-10H,11H2,1H3,(H,18,20)(H2,17,19,21). The lowest BCUT2D eigenvalue weighted by Gasteiger charge is -2.08. The third-order valence-electron chi connectivity index (χ3n) is 2.76. The summed E-state index contributed by atoms with van der Waals surface area (Å²) in [6.45, 7) is 1.88. The van der Waals surface area contributed by atoms with Crippen molar-refractivity contribution in [3.8, 4) is 0 Å². The maximum atomic E-state index is 11.7. The minimum absolute atomic E-state index is 0.108. The molecule has 0 bridgehead atoms. The summed E-state index contributed by atoms with van der Waals surface area (Å²) in [6.07, 6.45) is 0. The van der Waals surface area contributed by atoms with Gasteiger partial charge in [-0.2, -0.15) is 0 Å². The van der Waals surface area contributed by atoms with Crippen LogP contribution in [0.3, 0.4) is 0 Å². The van der Waals surface area contributed by atoms with Crippen molar-refractivity contribution >= 4 is 23.3 Å². The van der Waals surface area contributed by atoms with Crippen LogP contribution in [0.25, 0.3) is 0 Å². The number of urea groups is 1. The fraction of sp³-hybridized carbons (Fsp3) is 0.125. The Hall–Kier alpha value is -2.82. The van der Waals surface area contributed by atoms with Gasteiger partial charge in [-0.05, 0) is 29.8 Å². The molecule has 0 aliphatic rings. The van der Waals surface area contributed by atoms with E-state index in [-0.39, 0.29) is 11.9 Å². The highest BCUT2D eigenvalue weighted by Gasteiger charge is 2.01. The normalized spacial score (nSPS) is 9.76. The van der Waals surface area contributed by atoms with Gasteiger partial charge in [0.15, 0.2) is 0 Å². The summed E-state index contributed by atoms with van der Waals surface area (Å²) in [5.74, 6) is -0.108. The number of amides is 3. The number of rotatable bonds is 4. The Kier molecular flexibility index (Phi) is 4.93. The quantitative estimate of drug-likeness (QED) is 0.807. The van der Waals surface area contributed by atoms with Crippen LogP contribution in [0.15, 0.2) is 54.6 Å². The van der Waals surface area contributed by atoms with E-state index in [2.05, 4.69) is 16.0 Å². The maximum Gasteiger partial charge on any atom is 0.319 e. The van der Waals surface area contributed by atoms with E-state index < -0.39 is 0 Å². The van der Waals surface area contributed by atoms with Crippen LogP contribution in [0.4, 0.5) is 16.2 Å². The highest BCUT2D eigenvalue weighted by molar-refractivity contribution is 5.89. The van der Waals surface area contributed by atoms with Gasteiger partial charge < -0.3 is 16.0 Å². The van der Waals surface area contributed by atoms with Gasteiger partial charge in [-0.1, -0.05) is 30.3 Å². The molecule has 3 amide bonds. The molecule has 5 heteroatoms. The molecule has 2 aromatic carbocycles. The van der Waals surface area contributed by atoms with E-state index in [0.29, 0.717) is 6.54 Å². The highest BCUT2D eigenvalue weighted by atomic mass is 16.2. The molecule has 0 aliphatic heterocycles. The molecule has 0 aliphatic carbocycles. The van der Waals surface area contributed by atoms with Crippen LogP contribution >= 0.6 is 0 Å². The zero-order chi connectivity index (χ0) is 15.1. The summed E-state index contributed by atoms with van der Waals surface area (Å²) in [4.78, 5) is 22.6. The Balaban J connectivity index is 1.82. The number of hydrogen-bond donors (Lipinski definition) is 3. The number of benzene rings is 2. The predicted octanol–water partition coefficient (Wildman–Crippen LogP) is 2.97. The van der Waals surface area contributed by atoms with Crippen molar-refractivity contribution in [2.24, 2.45) is 0 Å². The van der Waals surface area contributed by atoms with E-state index in [1.54, 1.807) is 12.1 Å². The summed E-state index contributed by atoms with van der Waals surface area (Å²) in [5.41, 5.74) is 2.43. The van der Waals surface area contributed by atoms with Gasteiger partial charge in [-0.25, -0.2) is 4.79 Å². The third kappa shape index (κ3) is 4.99. The van der Waals surface area contributed by atoms with Gasteiger partial charge in [0.05, 0.1) is 0 Å². The number of carbonyl (C=O) groups is 2. The van der Waals surface area contributed by atoms with E-state index in [1.807, 2.05) is 42.5 Å². The minimum Gasteiger partial charge on any atom is -0.334 e. The van der Waals surface area contributed by atoms with Gasteiger partial charge in [-0.15, -0.1) is 0 Å². The van der Waals surface area contributed by atoms with Crippen LogP contribution in [-0.2, 0) is 11.3 Å². The molecule has 0 saturated heterocycles. The number of hydrogen-bond acceptors (Lipinski definition) is 2. The van der Waals surface area contributed by atoms with Crippen LogP contribution in [0.2, 0.25) is 0 Å². The van der Waals surface area contributed by atoms with Crippen molar-refractivity contribution in [1.82, 2.24) is 5.32 Å². The number of nitrogens with one attached hydrogen (secondary N) is 3. The van der Waals surface area contributed by atoms with Crippen LogP contribution in [0.5, 0.6) is 0 Å². The molecule has 0 radical (unpaired) electrons. The van der Waals surface area contributed by atoms with Gasteiger partial charge in [0.25, 0.3) is 0 Å². The van der Waals surface area contributed by atoms with Crippen molar-refractivity contribution in [1.29, 1.82) is 0 Å². The summed E-state index contributed by atoms with van der Waals surface area (Å²) in [5, 5.41) is 8.20. The third-order valence-corrected chi connectivity index (χ3v) is 2.76. The summed E-state index contributed by atoms with van der Waals surface area (Å²) >= 11 is 0. The molecule has 0 unspecified atom stereocenters. The molecule has 21 heavy (non-hydrogen) atoms. The molecule has 2 rings (SSSR count). The van der Waals surface area contributed by atoms with E-state index in [9.17, 15) is 9.59 Å². The van der Waals surface area contributed by atoms with Crippen molar-refractivity contribution in [2.75, 3.05) is 10.6 Å².